The maximum absolute atomic E-state index is 13.3. The van der Waals surface area contributed by atoms with E-state index in [9.17, 15) is 14.0 Å². The molecule has 1 aromatic rings. The third-order valence-electron chi connectivity index (χ3n) is 1.86. The third kappa shape index (κ3) is 2.69. The van der Waals surface area contributed by atoms with E-state index in [1.54, 1.807) is 0 Å². The minimum Gasteiger partial charge on any atom is -0.478 e. The normalized spacial score (nSPS) is 9.69. The number of benzene rings is 1. The molecule has 0 aliphatic carbocycles. The van der Waals surface area contributed by atoms with E-state index >= 15 is 0 Å². The molecule has 5 nitrogen and oxygen atoms in total. The molecule has 0 saturated carbocycles. The van der Waals surface area contributed by atoms with Crippen LogP contribution in [-0.4, -0.2) is 36.1 Å². The molecule has 0 aromatic heterocycles. The maximum atomic E-state index is 13.3. The second-order valence-corrected chi connectivity index (χ2v) is 3.32. The molecule has 0 atom stereocenters. The Kier molecular flexibility index (Phi) is 3.44. The lowest BCUT2D eigenvalue weighted by Gasteiger charge is -2.12. The number of carboxylic acids is 1. The predicted octanol–water partition coefficient (Wildman–Crippen LogP) is 1.62. The lowest BCUT2D eigenvalue weighted by Crippen LogP contribution is -2.27. The fourth-order valence-electron chi connectivity index (χ4n) is 0.977. The van der Waals surface area contributed by atoms with Gasteiger partial charge in [0.2, 0.25) is 0 Å². The Labute approximate surface area is 91.5 Å². The van der Waals surface area contributed by atoms with Crippen LogP contribution >= 0.6 is 0 Å². The van der Waals surface area contributed by atoms with Crippen molar-refractivity contribution >= 4 is 17.7 Å². The van der Waals surface area contributed by atoms with E-state index in [-0.39, 0.29) is 11.3 Å². The predicted molar refractivity (Wildman–Crippen MR) is 56.1 cm³/mol. The number of hydrogen-bond donors (Lipinski definition) is 2. The number of carboxylic acid groups (broad SMARTS) is 1. The monoisotopic (exact) mass is 226 g/mol. The minimum absolute atomic E-state index is 0.0521. The molecule has 0 spiro atoms. The van der Waals surface area contributed by atoms with E-state index in [1.165, 1.54) is 31.1 Å². The second-order valence-electron chi connectivity index (χ2n) is 3.32. The van der Waals surface area contributed by atoms with Crippen LogP contribution in [0.5, 0.6) is 0 Å². The Morgan fingerprint density at radius 3 is 2.44 bits per heavy atom. The van der Waals surface area contributed by atoms with Crippen molar-refractivity contribution in [2.24, 2.45) is 0 Å². The topological polar surface area (TPSA) is 69.6 Å². The number of anilines is 1. The van der Waals surface area contributed by atoms with Crippen molar-refractivity contribution in [1.29, 1.82) is 0 Å². The summed E-state index contributed by atoms with van der Waals surface area (Å²) < 4.78 is 13.3. The zero-order valence-corrected chi connectivity index (χ0v) is 8.82. The Balaban J connectivity index is 2.91. The van der Waals surface area contributed by atoms with Gasteiger partial charge in [0.1, 0.15) is 5.82 Å². The van der Waals surface area contributed by atoms with Crippen LogP contribution in [0.3, 0.4) is 0 Å². The highest BCUT2D eigenvalue weighted by atomic mass is 19.1. The first kappa shape index (κ1) is 12.0. The highest BCUT2D eigenvalue weighted by Gasteiger charge is 2.11. The number of carbonyl (C=O) groups is 2. The molecule has 2 amide bonds. The van der Waals surface area contributed by atoms with Crippen molar-refractivity contribution < 1.29 is 19.1 Å². The smallest absolute Gasteiger partial charge is 0.335 e. The van der Waals surface area contributed by atoms with E-state index < -0.39 is 17.8 Å². The van der Waals surface area contributed by atoms with Crippen molar-refractivity contribution in [2.75, 3.05) is 19.4 Å². The van der Waals surface area contributed by atoms with Crippen LogP contribution in [0.25, 0.3) is 0 Å². The Morgan fingerprint density at radius 1 is 1.38 bits per heavy atom. The largest absolute Gasteiger partial charge is 0.478 e. The molecule has 0 aliphatic heterocycles. The fourth-order valence-corrected chi connectivity index (χ4v) is 0.977. The highest BCUT2D eigenvalue weighted by molar-refractivity contribution is 5.91. The molecule has 1 aromatic carbocycles. The summed E-state index contributed by atoms with van der Waals surface area (Å²) in [6.07, 6.45) is 0. The summed E-state index contributed by atoms with van der Waals surface area (Å²) in [6, 6.07) is 2.80. The van der Waals surface area contributed by atoms with Gasteiger partial charge in [0.25, 0.3) is 0 Å². The summed E-state index contributed by atoms with van der Waals surface area (Å²) in [5, 5.41) is 10.9. The Bertz CT molecular complexity index is 432. The van der Waals surface area contributed by atoms with Crippen LogP contribution in [0.4, 0.5) is 14.9 Å². The van der Waals surface area contributed by atoms with Crippen molar-refractivity contribution in [3.63, 3.8) is 0 Å². The van der Waals surface area contributed by atoms with Gasteiger partial charge in [0.15, 0.2) is 0 Å². The molecule has 0 fully saturated rings. The van der Waals surface area contributed by atoms with Crippen molar-refractivity contribution in [3.05, 3.63) is 29.6 Å². The van der Waals surface area contributed by atoms with Crippen LogP contribution in [0.1, 0.15) is 10.4 Å². The van der Waals surface area contributed by atoms with Gasteiger partial charge in [0, 0.05) is 14.1 Å². The Morgan fingerprint density at radius 2 is 2.00 bits per heavy atom. The number of hydrogen-bond acceptors (Lipinski definition) is 2. The van der Waals surface area contributed by atoms with Crippen LogP contribution in [-0.2, 0) is 0 Å². The van der Waals surface area contributed by atoms with Crippen LogP contribution < -0.4 is 5.32 Å². The molecule has 86 valence electrons. The first-order chi connectivity index (χ1) is 7.41. The maximum Gasteiger partial charge on any atom is 0.335 e. The zero-order chi connectivity index (χ0) is 12.3. The second kappa shape index (κ2) is 4.61. The van der Waals surface area contributed by atoms with E-state index in [2.05, 4.69) is 5.32 Å². The minimum atomic E-state index is -1.22. The number of carbonyl (C=O) groups excluding carboxylic acids is 1. The lowest BCUT2D eigenvalue weighted by molar-refractivity contribution is 0.0696. The van der Waals surface area contributed by atoms with E-state index in [0.717, 1.165) is 6.07 Å². The quantitative estimate of drug-likeness (QED) is 0.805. The molecule has 0 saturated heterocycles. The lowest BCUT2D eigenvalue weighted by atomic mass is 10.2. The molecule has 1 rings (SSSR count). The number of nitrogens with zero attached hydrogens (tertiary/aromatic N) is 1. The molecular formula is C10H11FN2O3. The third-order valence-corrected chi connectivity index (χ3v) is 1.86. The molecule has 0 bridgehead atoms. The molecule has 6 heteroatoms. The number of rotatable bonds is 2. The van der Waals surface area contributed by atoms with Crippen LogP contribution in [0, 0.1) is 5.82 Å². The van der Waals surface area contributed by atoms with E-state index in [0.29, 0.717) is 0 Å². The van der Waals surface area contributed by atoms with Gasteiger partial charge < -0.3 is 15.3 Å². The van der Waals surface area contributed by atoms with Crippen LogP contribution in [0.2, 0.25) is 0 Å². The van der Waals surface area contributed by atoms with Crippen molar-refractivity contribution in [3.8, 4) is 0 Å². The van der Waals surface area contributed by atoms with Crippen molar-refractivity contribution in [1.82, 2.24) is 4.90 Å². The number of aromatic carboxylic acids is 1. The van der Waals surface area contributed by atoms with Crippen LogP contribution in [0.15, 0.2) is 18.2 Å². The van der Waals surface area contributed by atoms with Gasteiger partial charge in [-0.25, -0.2) is 14.0 Å². The fraction of sp³-hybridized carbons (Fsp3) is 0.200. The summed E-state index contributed by atoms with van der Waals surface area (Å²) >= 11 is 0. The molecule has 0 unspecified atom stereocenters. The average molecular weight is 226 g/mol. The molecular weight excluding hydrogens is 215 g/mol. The molecule has 0 aliphatic rings. The Hall–Kier alpha value is -2.11. The molecule has 0 radical (unpaired) electrons. The van der Waals surface area contributed by atoms with Gasteiger partial charge in [-0.1, -0.05) is 0 Å². The summed E-state index contributed by atoms with van der Waals surface area (Å²) in [5.74, 6) is -2.00. The first-order valence-corrected chi connectivity index (χ1v) is 4.43. The number of nitrogens with one attached hydrogen (secondary N) is 1. The number of amides is 2. The first-order valence-electron chi connectivity index (χ1n) is 4.43. The van der Waals surface area contributed by atoms with Gasteiger partial charge in [-0.2, -0.15) is 0 Å². The number of halogens is 1. The summed E-state index contributed by atoms with van der Waals surface area (Å²) in [7, 11) is 3.03. The highest BCUT2D eigenvalue weighted by Crippen LogP contribution is 2.16. The molecule has 16 heavy (non-hydrogen) atoms. The average Bonchev–Trinajstić information content (AvgIpc) is 2.20. The van der Waals surface area contributed by atoms with Gasteiger partial charge in [-0.3, -0.25) is 0 Å². The molecule has 0 heterocycles. The van der Waals surface area contributed by atoms with E-state index in [1.807, 2.05) is 0 Å². The zero-order valence-electron chi connectivity index (χ0n) is 8.82. The van der Waals surface area contributed by atoms with Crippen molar-refractivity contribution in [2.45, 2.75) is 0 Å². The summed E-state index contributed by atoms with van der Waals surface area (Å²) in [6.45, 7) is 0. The number of urea groups is 1. The van der Waals surface area contributed by atoms with Gasteiger partial charge in [-0.05, 0) is 18.2 Å². The van der Waals surface area contributed by atoms with Gasteiger partial charge in [-0.15, -0.1) is 0 Å². The molecule has 2 N–H and O–H groups in total. The summed E-state index contributed by atoms with van der Waals surface area (Å²) in [5.41, 5.74) is -0.218. The van der Waals surface area contributed by atoms with Gasteiger partial charge >= 0.3 is 12.0 Å². The summed E-state index contributed by atoms with van der Waals surface area (Å²) in [4.78, 5) is 23.0. The van der Waals surface area contributed by atoms with E-state index in [4.69, 9.17) is 5.11 Å². The SMILES string of the molecule is CN(C)C(=O)Nc1ccc(C(=O)O)cc1F. The van der Waals surface area contributed by atoms with Gasteiger partial charge in [0.05, 0.1) is 11.3 Å². The standard InChI is InChI=1S/C10H11FN2O3/c1-13(2)10(16)12-8-4-3-6(9(14)15)5-7(8)11/h3-5H,1-2H3,(H,12,16)(H,14,15).